The Bertz CT molecular complexity index is 4410. The summed E-state index contributed by atoms with van der Waals surface area (Å²) in [5, 5.41) is 38.8. The van der Waals surface area contributed by atoms with Gasteiger partial charge in [0, 0.05) is 113 Å². The fourth-order valence-electron chi connectivity index (χ4n) is 12.3. The Morgan fingerprint density at radius 1 is 0.535 bits per heavy atom. The third-order valence-electron chi connectivity index (χ3n) is 17.4. The third-order valence-corrected chi connectivity index (χ3v) is 17.4. The van der Waals surface area contributed by atoms with Gasteiger partial charge >= 0.3 is 18.2 Å². The molecule has 4 unspecified atom stereocenters. The number of carboxylic acids is 1. The number of carbonyl (C=O) groups is 6. The molecule has 8 aromatic rings. The molecule has 12 rings (SSSR count). The van der Waals surface area contributed by atoms with E-state index in [1.165, 1.54) is 34.3 Å². The molecular weight excluding hydrogens is 1260 g/mol. The lowest BCUT2D eigenvalue weighted by Gasteiger charge is -2.41. The number of piperazine rings is 2. The highest BCUT2D eigenvalue weighted by atomic mass is 16.6. The lowest BCUT2D eigenvalue weighted by atomic mass is 9.86. The first-order valence-corrected chi connectivity index (χ1v) is 32.7. The summed E-state index contributed by atoms with van der Waals surface area (Å²) in [5.41, 5.74) is 3.20. The molecule has 5 amide bonds. The molecule has 4 atom stereocenters. The number of benzene rings is 2. The van der Waals surface area contributed by atoms with Crippen LogP contribution in [-0.4, -0.2) is 194 Å². The van der Waals surface area contributed by atoms with Gasteiger partial charge in [-0.2, -0.15) is 20.5 Å². The van der Waals surface area contributed by atoms with Crippen molar-refractivity contribution in [3.8, 4) is 23.5 Å². The summed E-state index contributed by atoms with van der Waals surface area (Å²) >= 11 is 0. The maximum atomic E-state index is 13.5. The molecule has 27 heteroatoms. The average Bonchev–Trinajstić information content (AvgIpc) is 1.63. The highest BCUT2D eigenvalue weighted by molar-refractivity contribution is 6.00. The van der Waals surface area contributed by atoms with E-state index in [9.17, 15) is 39.3 Å². The molecule has 0 saturated carbocycles. The summed E-state index contributed by atoms with van der Waals surface area (Å²) in [6, 6.07) is 29.9. The molecule has 0 radical (unpaired) electrons. The zero-order valence-electron chi connectivity index (χ0n) is 58.3. The van der Waals surface area contributed by atoms with E-state index in [1.807, 2.05) is 123 Å². The Hall–Kier alpha value is -11.1. The quantitative estimate of drug-likeness (QED) is 0.0883. The Morgan fingerprint density at radius 3 is 1.27 bits per heavy atom. The van der Waals surface area contributed by atoms with Gasteiger partial charge in [-0.05, 0) is 167 Å². The third kappa shape index (κ3) is 15.8. The van der Waals surface area contributed by atoms with Crippen molar-refractivity contribution in [1.29, 1.82) is 10.5 Å². The average molecular weight is 1350 g/mol. The molecule has 6 aromatic heterocycles. The van der Waals surface area contributed by atoms with Gasteiger partial charge in [0.05, 0.1) is 46.2 Å². The van der Waals surface area contributed by atoms with Gasteiger partial charge in [0.1, 0.15) is 34.2 Å². The van der Waals surface area contributed by atoms with Gasteiger partial charge < -0.3 is 45.2 Å². The van der Waals surface area contributed by atoms with Crippen molar-refractivity contribution in [2.24, 2.45) is 0 Å². The number of nitrogens with one attached hydrogen (secondary N) is 3. The molecule has 4 bridgehead atoms. The van der Waals surface area contributed by atoms with Crippen LogP contribution in [-0.2, 0) is 20.3 Å². The summed E-state index contributed by atoms with van der Waals surface area (Å²) in [6.07, 6.45) is 9.42. The van der Waals surface area contributed by atoms with E-state index in [0.717, 1.165) is 49.9 Å². The van der Waals surface area contributed by atoms with E-state index in [4.69, 9.17) is 19.6 Å². The molecule has 99 heavy (non-hydrogen) atoms. The van der Waals surface area contributed by atoms with Crippen LogP contribution in [0.15, 0.2) is 110 Å². The molecule has 0 aliphatic carbocycles. The minimum absolute atomic E-state index is 0.0654. The fourth-order valence-corrected chi connectivity index (χ4v) is 12.3. The molecule has 0 spiro atoms. The summed E-state index contributed by atoms with van der Waals surface area (Å²) in [7, 11) is 6.73. The van der Waals surface area contributed by atoms with Crippen LogP contribution in [0.4, 0.5) is 33.1 Å². The number of aromatic nitrogens is 8. The molecule has 4 aliphatic heterocycles. The van der Waals surface area contributed by atoms with Gasteiger partial charge in [0.15, 0.2) is 11.3 Å². The topological polar surface area (TPSA) is 328 Å². The summed E-state index contributed by atoms with van der Waals surface area (Å²) in [4.78, 5) is 111. The summed E-state index contributed by atoms with van der Waals surface area (Å²) in [5.74, 6) is -0.297. The first kappa shape index (κ1) is 70.7. The van der Waals surface area contributed by atoms with E-state index in [-0.39, 0.29) is 65.1 Å². The summed E-state index contributed by atoms with van der Waals surface area (Å²) in [6.45, 7) is 21.4. The number of hydrogen-bond donors (Lipinski definition) is 4. The number of nitrogens with zero attached hydrogens (tertiary/aromatic N) is 15. The van der Waals surface area contributed by atoms with E-state index >= 15 is 0 Å². The van der Waals surface area contributed by atoms with Crippen LogP contribution in [0, 0.1) is 22.7 Å². The molecule has 10 heterocycles. The van der Waals surface area contributed by atoms with Crippen LogP contribution < -0.4 is 16.0 Å². The Morgan fingerprint density at radius 2 is 0.919 bits per heavy atom. The van der Waals surface area contributed by atoms with Gasteiger partial charge in [0.25, 0.3) is 17.7 Å². The number of likely N-dealkylation sites (tertiary alicyclic amines) is 1. The van der Waals surface area contributed by atoms with E-state index in [0.29, 0.717) is 87.2 Å². The zero-order valence-corrected chi connectivity index (χ0v) is 58.3. The molecule has 2 aromatic carbocycles. The molecule has 4 saturated heterocycles. The number of pyridine rings is 2. The number of carbonyl (C=O) groups excluding carboxylic acids is 5. The number of nitriles is 2. The monoisotopic (exact) mass is 1340 g/mol. The second kappa shape index (κ2) is 28.2. The van der Waals surface area contributed by atoms with Gasteiger partial charge in [-0.3, -0.25) is 33.3 Å². The van der Waals surface area contributed by atoms with E-state index < -0.39 is 22.4 Å². The van der Waals surface area contributed by atoms with Crippen molar-refractivity contribution in [3.05, 3.63) is 143 Å². The van der Waals surface area contributed by atoms with E-state index in [1.54, 1.807) is 83.8 Å². The lowest BCUT2D eigenvalue weighted by molar-refractivity contribution is -0.00342. The number of aromatic carboxylic acids is 1. The maximum absolute atomic E-state index is 13.5. The SMILES string of the molecule is CC(C)(C)OC(=O)N1C2CCC1CNC2.CN(C)C(=O)c1cc2cnc(Nc3ccc(C(=O)N4CC5CCC(C4)N5C(=O)OC(C)(C)C)cn3)nc2n1-c1ccc(C(C)(C)C#N)cc1.CN(C)C(=O)c1cc2cnc(Nc3ccc(C(=O)O)cn3)nc2n1-c1ccc(C(C)(C)C#N)cc1. The molecular formula is C72H84N18O9. The highest BCUT2D eigenvalue weighted by Crippen LogP contribution is 2.35. The molecule has 4 N–H and O–H groups in total. The van der Waals surface area contributed by atoms with Gasteiger partial charge in [-0.25, -0.2) is 34.3 Å². The van der Waals surface area contributed by atoms with Crippen LogP contribution in [0.25, 0.3) is 33.4 Å². The fraction of sp³-hybridized carbons (Fsp3) is 0.417. The van der Waals surface area contributed by atoms with Crippen molar-refractivity contribution in [3.63, 3.8) is 0 Å². The minimum atomic E-state index is -1.07. The van der Waals surface area contributed by atoms with Crippen LogP contribution in [0.2, 0.25) is 0 Å². The van der Waals surface area contributed by atoms with Gasteiger partial charge in [-0.15, -0.1) is 0 Å². The van der Waals surface area contributed by atoms with Crippen molar-refractivity contribution in [1.82, 2.24) is 68.9 Å². The molecule has 4 aliphatic rings. The Balaban J connectivity index is 0.000000183. The van der Waals surface area contributed by atoms with Crippen molar-refractivity contribution in [2.75, 3.05) is 65.0 Å². The van der Waals surface area contributed by atoms with Crippen molar-refractivity contribution in [2.45, 2.75) is 141 Å². The Kier molecular flexibility index (Phi) is 20.1. The van der Waals surface area contributed by atoms with Crippen LogP contribution >= 0.6 is 0 Å². The molecule has 516 valence electrons. The number of ether oxygens (including phenoxy) is 2. The molecule has 27 nitrogen and oxygen atoms in total. The standard InChI is InChI=1S/C36H41N9O4.C25H23N7O3.C11H20N2O2/c1-35(2,3)49-34(48)44-26-13-14-27(44)20-43(19-26)31(46)22-8-15-29(38-17-22)40-33-39-18-23-16-28(32(47)42(6)7)45(30(23)41-33)25-11-9-24(10-12-25)36(4,5)21-37;1-25(2,14-26)17-6-8-18(9-7-17)32-19(22(33)31(3)4)11-16-13-28-24(30-21(16)32)29-20-10-5-15(12-27-20)23(34)35;1-11(2,3)15-10(14)13-8-4-5-9(13)7-12-6-8/h8-12,15-18,26-27H,13-14,19-20H2,1-7H3,(H,38,39,40,41);5-13H,1-4H3,(H,34,35)(H,27,28,29,30);8-9,12H,4-7H2,1-3H3. The van der Waals surface area contributed by atoms with E-state index in [2.05, 4.69) is 53.0 Å². The number of anilines is 4. The first-order valence-electron chi connectivity index (χ1n) is 32.7. The van der Waals surface area contributed by atoms with Gasteiger partial charge in [0.2, 0.25) is 11.9 Å². The predicted octanol–water partition coefficient (Wildman–Crippen LogP) is 10.4. The number of amides is 5. The predicted molar refractivity (Wildman–Crippen MR) is 372 cm³/mol. The smallest absolute Gasteiger partial charge is 0.410 e. The normalized spacial score (nSPS) is 17.2. The number of carboxylic acid groups (broad SMARTS) is 1. The second-order valence-electron chi connectivity index (χ2n) is 28.5. The lowest BCUT2D eigenvalue weighted by Crippen LogP contribution is -2.57. The van der Waals surface area contributed by atoms with Crippen molar-refractivity contribution >= 4 is 81.5 Å². The number of hydrogen-bond acceptors (Lipinski definition) is 19. The van der Waals surface area contributed by atoms with Gasteiger partial charge in [-0.1, -0.05) is 24.3 Å². The number of fused-ring (bicyclic) bond motifs is 6. The number of rotatable bonds is 12. The van der Waals surface area contributed by atoms with Crippen LogP contribution in [0.1, 0.15) is 148 Å². The molecule has 4 fully saturated rings. The van der Waals surface area contributed by atoms with Crippen LogP contribution in [0.5, 0.6) is 0 Å². The Labute approximate surface area is 574 Å². The zero-order chi connectivity index (χ0) is 71.6. The second-order valence-corrected chi connectivity index (χ2v) is 28.5. The summed E-state index contributed by atoms with van der Waals surface area (Å²) < 4.78 is 14.6. The highest BCUT2D eigenvalue weighted by Gasteiger charge is 2.46. The minimum Gasteiger partial charge on any atom is -0.478 e. The van der Waals surface area contributed by atoms with Crippen LogP contribution in [0.3, 0.4) is 0 Å². The van der Waals surface area contributed by atoms with Crippen molar-refractivity contribution < 1.29 is 43.3 Å². The maximum Gasteiger partial charge on any atom is 0.410 e. The first-order chi connectivity index (χ1) is 46.7. The largest absolute Gasteiger partial charge is 0.478 e.